The van der Waals surface area contributed by atoms with Crippen LogP contribution in [0.25, 0.3) is 10.8 Å². The highest BCUT2D eigenvalue weighted by Crippen LogP contribution is 2.41. The van der Waals surface area contributed by atoms with Crippen molar-refractivity contribution in [1.29, 1.82) is 0 Å². The van der Waals surface area contributed by atoms with Crippen LogP contribution in [0.3, 0.4) is 0 Å². The second-order valence-electron chi connectivity index (χ2n) is 6.16. The number of ether oxygens (including phenoxy) is 1. The molecule has 0 saturated heterocycles. The van der Waals surface area contributed by atoms with Crippen molar-refractivity contribution >= 4 is 16.6 Å². The Hall–Kier alpha value is -1.77. The number of fused-ring (bicyclic) bond motifs is 1. The van der Waals surface area contributed by atoms with Crippen molar-refractivity contribution in [2.75, 3.05) is 19.0 Å². The molecule has 1 fully saturated rings. The number of nitrogens with one attached hydrogen (secondary N) is 1. The maximum Gasteiger partial charge on any atom is 0.133 e. The van der Waals surface area contributed by atoms with Crippen LogP contribution < -0.4 is 10.1 Å². The summed E-state index contributed by atoms with van der Waals surface area (Å²) in [7, 11) is 1.70. The lowest BCUT2D eigenvalue weighted by atomic mass is 9.83. The number of hydrogen-bond donors (Lipinski definition) is 1. The molecular formula is C18H24N2O. The monoisotopic (exact) mass is 284 g/mol. The van der Waals surface area contributed by atoms with Crippen molar-refractivity contribution in [1.82, 2.24) is 4.98 Å². The van der Waals surface area contributed by atoms with E-state index in [4.69, 9.17) is 4.74 Å². The van der Waals surface area contributed by atoms with Gasteiger partial charge in [0.2, 0.25) is 0 Å². The van der Waals surface area contributed by atoms with E-state index in [1.165, 1.54) is 37.5 Å². The number of pyridine rings is 1. The van der Waals surface area contributed by atoms with Crippen molar-refractivity contribution in [2.24, 2.45) is 5.41 Å². The smallest absolute Gasteiger partial charge is 0.133 e. The van der Waals surface area contributed by atoms with Gasteiger partial charge in [-0.2, -0.15) is 0 Å². The Morgan fingerprint density at radius 3 is 2.76 bits per heavy atom. The SMILES string of the molecule is CCC1(CNc2nccc3ccc(OC)cc23)CCCC1. The van der Waals surface area contributed by atoms with E-state index in [1.807, 2.05) is 18.3 Å². The Balaban J connectivity index is 1.86. The third kappa shape index (κ3) is 2.82. The molecule has 1 saturated carbocycles. The zero-order chi connectivity index (χ0) is 14.7. The van der Waals surface area contributed by atoms with Gasteiger partial charge in [-0.15, -0.1) is 0 Å². The molecule has 1 N–H and O–H groups in total. The number of anilines is 1. The molecule has 21 heavy (non-hydrogen) atoms. The van der Waals surface area contributed by atoms with Crippen molar-refractivity contribution in [3.05, 3.63) is 30.5 Å². The summed E-state index contributed by atoms with van der Waals surface area (Å²) in [6, 6.07) is 8.20. The first kappa shape index (κ1) is 14.2. The fourth-order valence-corrected chi connectivity index (χ4v) is 3.47. The maximum atomic E-state index is 5.34. The molecule has 1 aliphatic rings. The van der Waals surface area contributed by atoms with Gasteiger partial charge in [0.15, 0.2) is 0 Å². The quantitative estimate of drug-likeness (QED) is 0.869. The molecule has 1 aliphatic carbocycles. The lowest BCUT2D eigenvalue weighted by Crippen LogP contribution is -2.26. The van der Waals surface area contributed by atoms with E-state index in [2.05, 4.69) is 29.4 Å². The van der Waals surface area contributed by atoms with Crippen LogP contribution in [0.1, 0.15) is 39.0 Å². The molecule has 3 heteroatoms. The molecule has 0 spiro atoms. The zero-order valence-corrected chi connectivity index (χ0v) is 13.0. The van der Waals surface area contributed by atoms with E-state index in [-0.39, 0.29) is 0 Å². The predicted octanol–water partition coefficient (Wildman–Crippen LogP) is 4.63. The van der Waals surface area contributed by atoms with Gasteiger partial charge in [0, 0.05) is 18.1 Å². The summed E-state index contributed by atoms with van der Waals surface area (Å²) >= 11 is 0. The summed E-state index contributed by atoms with van der Waals surface area (Å²) in [4.78, 5) is 4.54. The van der Waals surface area contributed by atoms with Gasteiger partial charge in [-0.1, -0.05) is 25.8 Å². The van der Waals surface area contributed by atoms with Crippen molar-refractivity contribution in [2.45, 2.75) is 39.0 Å². The van der Waals surface area contributed by atoms with Gasteiger partial charge in [0.05, 0.1) is 7.11 Å². The van der Waals surface area contributed by atoms with Gasteiger partial charge in [0.1, 0.15) is 11.6 Å². The van der Waals surface area contributed by atoms with Crippen LogP contribution in [-0.2, 0) is 0 Å². The Labute approximate surface area is 126 Å². The number of nitrogens with zero attached hydrogens (tertiary/aromatic N) is 1. The highest BCUT2D eigenvalue weighted by Gasteiger charge is 2.31. The minimum Gasteiger partial charge on any atom is -0.497 e. The third-order valence-corrected chi connectivity index (χ3v) is 5.02. The minimum atomic E-state index is 0.461. The molecular weight excluding hydrogens is 260 g/mol. The molecule has 2 aromatic rings. The van der Waals surface area contributed by atoms with E-state index < -0.39 is 0 Å². The van der Waals surface area contributed by atoms with Crippen LogP contribution in [-0.4, -0.2) is 18.6 Å². The molecule has 0 radical (unpaired) electrons. The molecule has 1 aromatic heterocycles. The Bertz CT molecular complexity index is 618. The van der Waals surface area contributed by atoms with Crippen LogP contribution in [0.5, 0.6) is 5.75 Å². The highest BCUT2D eigenvalue weighted by atomic mass is 16.5. The lowest BCUT2D eigenvalue weighted by Gasteiger charge is -2.28. The normalized spacial score (nSPS) is 17.0. The summed E-state index contributed by atoms with van der Waals surface area (Å²) in [5, 5.41) is 5.95. The zero-order valence-electron chi connectivity index (χ0n) is 13.0. The summed E-state index contributed by atoms with van der Waals surface area (Å²) in [6.07, 6.45) is 8.53. The summed E-state index contributed by atoms with van der Waals surface area (Å²) in [5.74, 6) is 1.86. The standard InChI is InChI=1S/C18H24N2O/c1-3-18(9-4-5-10-18)13-20-17-16-12-15(21-2)7-6-14(16)8-11-19-17/h6-8,11-12H,3-5,9-10,13H2,1-2H3,(H,19,20). The molecule has 0 aliphatic heterocycles. The highest BCUT2D eigenvalue weighted by molar-refractivity contribution is 5.92. The second-order valence-corrected chi connectivity index (χ2v) is 6.16. The van der Waals surface area contributed by atoms with Crippen molar-refractivity contribution in [3.8, 4) is 5.75 Å². The number of methoxy groups -OCH3 is 1. The van der Waals surface area contributed by atoms with Crippen LogP contribution in [0, 0.1) is 5.41 Å². The molecule has 0 unspecified atom stereocenters. The molecule has 112 valence electrons. The average molecular weight is 284 g/mol. The molecule has 0 atom stereocenters. The number of aromatic nitrogens is 1. The lowest BCUT2D eigenvalue weighted by molar-refractivity contribution is 0.306. The minimum absolute atomic E-state index is 0.461. The topological polar surface area (TPSA) is 34.2 Å². The van der Waals surface area contributed by atoms with Crippen LogP contribution in [0.15, 0.2) is 30.5 Å². The van der Waals surface area contributed by atoms with E-state index in [0.29, 0.717) is 5.41 Å². The largest absolute Gasteiger partial charge is 0.497 e. The Kier molecular flexibility index (Phi) is 4.00. The van der Waals surface area contributed by atoms with E-state index in [9.17, 15) is 0 Å². The molecule has 1 heterocycles. The predicted molar refractivity (Wildman–Crippen MR) is 88.0 cm³/mol. The number of hydrogen-bond acceptors (Lipinski definition) is 3. The second kappa shape index (κ2) is 5.92. The van der Waals surface area contributed by atoms with Gasteiger partial charge in [-0.25, -0.2) is 4.98 Å². The molecule has 3 nitrogen and oxygen atoms in total. The first-order chi connectivity index (χ1) is 10.3. The fraction of sp³-hybridized carbons (Fsp3) is 0.500. The van der Waals surface area contributed by atoms with Crippen LogP contribution in [0.4, 0.5) is 5.82 Å². The maximum absolute atomic E-state index is 5.34. The van der Waals surface area contributed by atoms with Gasteiger partial charge >= 0.3 is 0 Å². The van der Waals surface area contributed by atoms with Crippen LogP contribution in [0.2, 0.25) is 0 Å². The molecule has 0 bridgehead atoms. The molecule has 0 amide bonds. The van der Waals surface area contributed by atoms with Gasteiger partial charge in [0.25, 0.3) is 0 Å². The summed E-state index contributed by atoms with van der Waals surface area (Å²) in [5.41, 5.74) is 0.461. The molecule has 1 aromatic carbocycles. The van der Waals surface area contributed by atoms with E-state index in [1.54, 1.807) is 7.11 Å². The van der Waals surface area contributed by atoms with Gasteiger partial charge in [-0.05, 0) is 48.3 Å². The average Bonchev–Trinajstić information content (AvgIpc) is 3.02. The van der Waals surface area contributed by atoms with Crippen LogP contribution >= 0.6 is 0 Å². The summed E-state index contributed by atoms with van der Waals surface area (Å²) in [6.45, 7) is 3.33. The van der Waals surface area contributed by atoms with Crippen molar-refractivity contribution < 1.29 is 4.74 Å². The van der Waals surface area contributed by atoms with Gasteiger partial charge in [-0.3, -0.25) is 0 Å². The molecule has 3 rings (SSSR count). The van der Waals surface area contributed by atoms with E-state index >= 15 is 0 Å². The van der Waals surface area contributed by atoms with E-state index in [0.717, 1.165) is 23.5 Å². The summed E-state index contributed by atoms with van der Waals surface area (Å²) < 4.78 is 5.34. The van der Waals surface area contributed by atoms with Crippen molar-refractivity contribution in [3.63, 3.8) is 0 Å². The Morgan fingerprint density at radius 2 is 2.05 bits per heavy atom. The van der Waals surface area contributed by atoms with Gasteiger partial charge < -0.3 is 10.1 Å². The number of rotatable bonds is 5. The first-order valence-corrected chi connectivity index (χ1v) is 7.93. The Morgan fingerprint density at radius 1 is 1.24 bits per heavy atom. The number of benzene rings is 1. The fourth-order valence-electron chi connectivity index (χ4n) is 3.47. The first-order valence-electron chi connectivity index (χ1n) is 7.93. The third-order valence-electron chi connectivity index (χ3n) is 5.02.